The molecule has 0 saturated heterocycles. The van der Waals surface area contributed by atoms with E-state index in [-0.39, 0.29) is 5.38 Å². The van der Waals surface area contributed by atoms with Crippen LogP contribution in [0.4, 0.5) is 0 Å². The van der Waals surface area contributed by atoms with Gasteiger partial charge in [-0.15, -0.1) is 23.2 Å². The Kier molecular flexibility index (Phi) is 3.86. The molecule has 0 amide bonds. The molecular formula is C6H14Cl2N+. The zero-order valence-corrected chi connectivity index (χ0v) is 7.71. The van der Waals surface area contributed by atoms with Crippen molar-refractivity contribution in [1.29, 1.82) is 0 Å². The summed E-state index contributed by atoms with van der Waals surface area (Å²) < 4.78 is 0.876. The summed E-state index contributed by atoms with van der Waals surface area (Å²) in [6, 6.07) is 0. The van der Waals surface area contributed by atoms with Gasteiger partial charge in [0.05, 0.1) is 33.1 Å². The van der Waals surface area contributed by atoms with Gasteiger partial charge in [0.1, 0.15) is 0 Å². The highest BCUT2D eigenvalue weighted by molar-refractivity contribution is 6.28. The molecule has 56 valence electrons. The molecule has 0 bridgehead atoms. The quantitative estimate of drug-likeness (QED) is 0.446. The van der Waals surface area contributed by atoms with Crippen molar-refractivity contribution in [3.05, 3.63) is 0 Å². The lowest BCUT2D eigenvalue weighted by Gasteiger charge is -2.25. The lowest BCUT2D eigenvalue weighted by Crippen LogP contribution is -2.40. The molecule has 3 heteroatoms. The van der Waals surface area contributed by atoms with E-state index in [1.165, 1.54) is 0 Å². The average molecular weight is 171 g/mol. The average Bonchev–Trinajstić information content (AvgIpc) is 1.62. The Bertz CT molecular complexity index is 77.6. The molecule has 0 saturated carbocycles. The highest BCUT2D eigenvalue weighted by Gasteiger charge is 2.13. The summed E-state index contributed by atoms with van der Waals surface area (Å²) >= 11 is 11.3. The van der Waals surface area contributed by atoms with Gasteiger partial charge in [-0.3, -0.25) is 0 Å². The fraction of sp³-hybridized carbons (Fsp3) is 1.00. The van der Waals surface area contributed by atoms with Crippen LogP contribution in [0.15, 0.2) is 0 Å². The Morgan fingerprint density at radius 1 is 1.33 bits per heavy atom. The van der Waals surface area contributed by atoms with Crippen LogP contribution >= 0.6 is 23.2 Å². The molecule has 1 unspecified atom stereocenters. The van der Waals surface area contributed by atoms with Gasteiger partial charge < -0.3 is 4.48 Å². The first-order chi connectivity index (χ1) is 3.95. The third kappa shape index (κ3) is 6.42. The first-order valence-electron chi connectivity index (χ1n) is 2.96. The molecule has 0 aromatic rings. The summed E-state index contributed by atoms with van der Waals surface area (Å²) in [7, 11) is 6.30. The fourth-order valence-corrected chi connectivity index (χ4v) is 1.15. The second-order valence-corrected chi connectivity index (χ2v) is 4.15. The number of rotatable bonds is 3. The molecule has 0 aromatic heterocycles. The summed E-state index contributed by atoms with van der Waals surface area (Å²) in [6.45, 7) is 0.922. The summed E-state index contributed by atoms with van der Waals surface area (Å²) in [4.78, 5) is 0. The minimum atomic E-state index is 0.103. The summed E-state index contributed by atoms with van der Waals surface area (Å²) in [6.07, 6.45) is 0. The smallest absolute Gasteiger partial charge is 0.0960 e. The number of hydrogen-bond donors (Lipinski definition) is 0. The molecule has 1 atom stereocenters. The molecule has 0 aliphatic rings. The van der Waals surface area contributed by atoms with Crippen molar-refractivity contribution in [3.63, 3.8) is 0 Å². The molecule has 1 nitrogen and oxygen atoms in total. The molecule has 0 aliphatic heterocycles. The van der Waals surface area contributed by atoms with Crippen LogP contribution in [0.25, 0.3) is 0 Å². The van der Waals surface area contributed by atoms with E-state index in [1.807, 2.05) is 0 Å². The van der Waals surface area contributed by atoms with Gasteiger partial charge in [-0.1, -0.05) is 0 Å². The highest BCUT2D eigenvalue weighted by Crippen LogP contribution is 2.03. The maximum absolute atomic E-state index is 5.80. The molecular weight excluding hydrogens is 157 g/mol. The Labute approximate surface area is 67.1 Å². The maximum atomic E-state index is 5.80. The van der Waals surface area contributed by atoms with Crippen molar-refractivity contribution in [1.82, 2.24) is 0 Å². The van der Waals surface area contributed by atoms with E-state index in [0.29, 0.717) is 5.88 Å². The van der Waals surface area contributed by atoms with E-state index < -0.39 is 0 Å². The zero-order valence-electron chi connectivity index (χ0n) is 6.19. The minimum Gasteiger partial charge on any atom is -0.330 e. The van der Waals surface area contributed by atoms with Gasteiger partial charge in [-0.2, -0.15) is 0 Å². The van der Waals surface area contributed by atoms with Crippen LogP contribution in [0.5, 0.6) is 0 Å². The van der Waals surface area contributed by atoms with Gasteiger partial charge in [-0.25, -0.2) is 0 Å². The van der Waals surface area contributed by atoms with Gasteiger partial charge in [0.2, 0.25) is 0 Å². The number of hydrogen-bond acceptors (Lipinski definition) is 0. The lowest BCUT2D eigenvalue weighted by atomic mass is 10.4. The largest absolute Gasteiger partial charge is 0.330 e. The zero-order chi connectivity index (χ0) is 7.49. The SMILES string of the molecule is C[N+](C)(C)CC(Cl)CCl. The maximum Gasteiger partial charge on any atom is 0.0960 e. The second kappa shape index (κ2) is 3.65. The monoisotopic (exact) mass is 170 g/mol. The van der Waals surface area contributed by atoms with Crippen LogP contribution in [0.1, 0.15) is 0 Å². The van der Waals surface area contributed by atoms with Crippen LogP contribution in [0.2, 0.25) is 0 Å². The van der Waals surface area contributed by atoms with Crippen molar-refractivity contribution in [2.45, 2.75) is 5.38 Å². The van der Waals surface area contributed by atoms with Crippen LogP contribution in [-0.2, 0) is 0 Å². The van der Waals surface area contributed by atoms with Gasteiger partial charge in [0.15, 0.2) is 0 Å². The van der Waals surface area contributed by atoms with E-state index in [1.54, 1.807) is 0 Å². The molecule has 0 fully saturated rings. The summed E-state index contributed by atoms with van der Waals surface area (Å²) in [5.41, 5.74) is 0. The van der Waals surface area contributed by atoms with Crippen molar-refractivity contribution >= 4 is 23.2 Å². The van der Waals surface area contributed by atoms with E-state index in [9.17, 15) is 0 Å². The molecule has 0 radical (unpaired) electrons. The number of nitrogens with zero attached hydrogens (tertiary/aromatic N) is 1. The van der Waals surface area contributed by atoms with Gasteiger partial charge in [-0.05, 0) is 0 Å². The van der Waals surface area contributed by atoms with E-state index in [2.05, 4.69) is 21.1 Å². The van der Waals surface area contributed by atoms with Crippen molar-refractivity contribution in [2.75, 3.05) is 33.6 Å². The molecule has 0 spiro atoms. The molecule has 9 heavy (non-hydrogen) atoms. The van der Waals surface area contributed by atoms with Crippen LogP contribution in [0.3, 0.4) is 0 Å². The summed E-state index contributed by atoms with van der Waals surface area (Å²) in [5.74, 6) is 0.539. The normalized spacial score (nSPS) is 15.7. The fourth-order valence-electron chi connectivity index (χ4n) is 0.643. The third-order valence-corrected chi connectivity index (χ3v) is 1.74. The van der Waals surface area contributed by atoms with E-state index in [0.717, 1.165) is 11.0 Å². The number of alkyl halides is 2. The predicted octanol–water partition coefficient (Wildman–Crippen LogP) is 1.54. The Balaban J connectivity index is 3.47. The third-order valence-electron chi connectivity index (χ3n) is 0.913. The van der Waals surface area contributed by atoms with Crippen molar-refractivity contribution in [2.24, 2.45) is 0 Å². The van der Waals surface area contributed by atoms with Gasteiger partial charge >= 0.3 is 0 Å². The standard InChI is InChI=1S/C6H14Cl2N/c1-9(2,3)5-6(8)4-7/h6H,4-5H2,1-3H3/q+1. The predicted molar refractivity (Wildman–Crippen MR) is 43.3 cm³/mol. The number of halogens is 2. The van der Waals surface area contributed by atoms with Crippen molar-refractivity contribution < 1.29 is 4.48 Å². The van der Waals surface area contributed by atoms with Crippen LogP contribution < -0.4 is 0 Å². The van der Waals surface area contributed by atoms with Crippen LogP contribution in [0, 0.1) is 0 Å². The van der Waals surface area contributed by atoms with Crippen molar-refractivity contribution in [3.8, 4) is 0 Å². The molecule has 0 aliphatic carbocycles. The van der Waals surface area contributed by atoms with E-state index in [4.69, 9.17) is 23.2 Å². The van der Waals surface area contributed by atoms with E-state index >= 15 is 0 Å². The van der Waals surface area contributed by atoms with Gasteiger partial charge in [0.25, 0.3) is 0 Å². The topological polar surface area (TPSA) is 0 Å². The summed E-state index contributed by atoms with van der Waals surface area (Å²) in [5, 5.41) is 0.103. The molecule has 0 heterocycles. The van der Waals surface area contributed by atoms with Gasteiger partial charge in [0, 0.05) is 5.88 Å². The lowest BCUT2D eigenvalue weighted by molar-refractivity contribution is -0.869. The molecule has 0 N–H and O–H groups in total. The Morgan fingerprint density at radius 3 is 1.89 bits per heavy atom. The second-order valence-electron chi connectivity index (χ2n) is 3.22. The molecule has 0 rings (SSSR count). The first-order valence-corrected chi connectivity index (χ1v) is 3.93. The first kappa shape index (κ1) is 9.54. The van der Waals surface area contributed by atoms with Crippen LogP contribution in [-0.4, -0.2) is 43.4 Å². The highest BCUT2D eigenvalue weighted by atomic mass is 35.5. The minimum absolute atomic E-state index is 0.103. The number of quaternary nitrogens is 1. The Morgan fingerprint density at radius 2 is 1.78 bits per heavy atom. The Hall–Kier alpha value is 0.540. The molecule has 0 aromatic carbocycles.